The van der Waals surface area contributed by atoms with Gasteiger partial charge >= 0.3 is 12.1 Å². The molecule has 6 N–H and O–H groups in total. The number of hydrogen-bond donors (Lipinski definition) is 6. The maximum absolute atomic E-state index is 12.8. The Labute approximate surface area is 243 Å². The molecule has 4 amide bonds. The molecule has 210 valence electrons. The lowest BCUT2D eigenvalue weighted by Crippen LogP contribution is -2.19. The van der Waals surface area contributed by atoms with Crippen molar-refractivity contribution in [3.63, 3.8) is 0 Å². The van der Waals surface area contributed by atoms with E-state index in [-0.39, 0.29) is 18.0 Å². The minimum absolute atomic E-state index is 0.0122. The van der Waals surface area contributed by atoms with Gasteiger partial charge in [0, 0.05) is 39.5 Å². The Morgan fingerprint density at radius 3 is 1.36 bits per heavy atom. The van der Waals surface area contributed by atoms with Crippen LogP contribution in [-0.4, -0.2) is 22.0 Å². The molecule has 2 heterocycles. The predicted molar refractivity (Wildman–Crippen MR) is 172 cm³/mol. The Morgan fingerprint density at radius 1 is 0.548 bits per heavy atom. The summed E-state index contributed by atoms with van der Waals surface area (Å²) in [5, 5.41) is 13.8. The number of carbonyl (C=O) groups excluding carboxylic acids is 2. The topological polar surface area (TPSA) is 114 Å². The molecule has 2 aromatic heterocycles. The van der Waals surface area contributed by atoms with Crippen molar-refractivity contribution in [1.82, 2.24) is 9.97 Å². The third-order valence-electron chi connectivity index (χ3n) is 7.69. The Balaban J connectivity index is 1.28. The highest BCUT2D eigenvalue weighted by molar-refractivity contribution is 6.07. The molecule has 8 heteroatoms. The zero-order valence-corrected chi connectivity index (χ0v) is 23.6. The first-order chi connectivity index (χ1) is 20.4. The van der Waals surface area contributed by atoms with Crippen molar-refractivity contribution in [3.8, 4) is 0 Å². The van der Waals surface area contributed by atoms with E-state index < -0.39 is 0 Å². The molecule has 0 unspecified atom stereocenters. The molecular weight excluding hydrogens is 524 g/mol. The number of aromatic amines is 2. The lowest BCUT2D eigenvalue weighted by atomic mass is 9.96. The number of para-hydroxylation sites is 4. The number of benzene rings is 4. The van der Waals surface area contributed by atoms with Gasteiger partial charge in [-0.3, -0.25) is 0 Å². The summed E-state index contributed by atoms with van der Waals surface area (Å²) in [6.07, 6.45) is 0. The van der Waals surface area contributed by atoms with Gasteiger partial charge in [0.05, 0.1) is 22.4 Å². The summed E-state index contributed by atoms with van der Waals surface area (Å²) < 4.78 is 0. The fourth-order valence-corrected chi connectivity index (χ4v) is 5.58. The van der Waals surface area contributed by atoms with E-state index in [2.05, 4.69) is 64.1 Å². The summed E-state index contributed by atoms with van der Waals surface area (Å²) in [5.74, 6) is -0.0122. The molecule has 0 aliphatic rings. The van der Waals surface area contributed by atoms with E-state index in [1.807, 2.05) is 84.9 Å². The average molecular weight is 557 g/mol. The summed E-state index contributed by atoms with van der Waals surface area (Å²) in [6.45, 7) is 6.34. The third kappa shape index (κ3) is 5.17. The lowest BCUT2D eigenvalue weighted by Gasteiger charge is -2.12. The highest BCUT2D eigenvalue weighted by atomic mass is 16.2. The molecule has 0 aliphatic heterocycles. The van der Waals surface area contributed by atoms with Crippen LogP contribution in [0.2, 0.25) is 0 Å². The maximum atomic E-state index is 12.8. The summed E-state index contributed by atoms with van der Waals surface area (Å²) in [5.41, 5.74) is 8.91. The molecule has 0 aliphatic carbocycles. The van der Waals surface area contributed by atoms with Crippen molar-refractivity contribution in [3.05, 3.63) is 120 Å². The molecule has 42 heavy (non-hydrogen) atoms. The van der Waals surface area contributed by atoms with Crippen LogP contribution in [0.1, 0.15) is 35.4 Å². The summed E-state index contributed by atoms with van der Waals surface area (Å²) in [7, 11) is 0. The average Bonchev–Trinajstić information content (AvgIpc) is 3.52. The van der Waals surface area contributed by atoms with Gasteiger partial charge in [-0.15, -0.1) is 0 Å². The maximum Gasteiger partial charge on any atom is 0.323 e. The SMILES string of the molecule is Cc1c(C(C)c2[nH]c3c(NC(=O)Nc4ccccc4)cccc3c2C)[nH]c2c(NC(=O)Nc3ccccc3)cccc12. The number of nitrogens with one attached hydrogen (secondary N) is 6. The van der Waals surface area contributed by atoms with Crippen molar-refractivity contribution >= 4 is 56.6 Å². The van der Waals surface area contributed by atoms with E-state index in [1.165, 1.54) is 0 Å². The van der Waals surface area contributed by atoms with Crippen molar-refractivity contribution in [2.75, 3.05) is 21.3 Å². The second-order valence-corrected chi connectivity index (χ2v) is 10.4. The fraction of sp³-hybridized carbons (Fsp3) is 0.118. The van der Waals surface area contributed by atoms with Crippen LogP contribution in [0.3, 0.4) is 0 Å². The fourth-order valence-electron chi connectivity index (χ4n) is 5.58. The van der Waals surface area contributed by atoms with Gasteiger partial charge in [-0.05, 0) is 61.4 Å². The number of fused-ring (bicyclic) bond motifs is 2. The zero-order valence-electron chi connectivity index (χ0n) is 23.6. The van der Waals surface area contributed by atoms with E-state index in [1.54, 1.807) is 0 Å². The van der Waals surface area contributed by atoms with Gasteiger partial charge in [0.25, 0.3) is 0 Å². The Kier molecular flexibility index (Phi) is 7.10. The van der Waals surface area contributed by atoms with Crippen LogP contribution in [0.4, 0.5) is 32.3 Å². The molecule has 8 nitrogen and oxygen atoms in total. The standard InChI is InChI=1S/C34H32N6O2/c1-20-25-16-10-18-27(37-33(41)35-23-12-6-4-7-13-23)31(25)39-29(20)22(3)30-21(2)26-17-11-19-28(32(26)40-30)38-34(42)36-24-14-8-5-9-15-24/h4-19,22,39-40H,1-3H3,(H2,35,37,41)(H2,36,38,42). The first-order valence-corrected chi connectivity index (χ1v) is 13.9. The number of anilines is 4. The van der Waals surface area contributed by atoms with Gasteiger partial charge in [-0.25, -0.2) is 9.59 Å². The highest BCUT2D eigenvalue weighted by Crippen LogP contribution is 2.38. The van der Waals surface area contributed by atoms with Gasteiger partial charge in [0.1, 0.15) is 0 Å². The van der Waals surface area contributed by atoms with E-state index in [0.29, 0.717) is 11.4 Å². The van der Waals surface area contributed by atoms with Crippen LogP contribution in [-0.2, 0) is 0 Å². The summed E-state index contributed by atoms with van der Waals surface area (Å²) in [6, 6.07) is 29.9. The van der Waals surface area contributed by atoms with Crippen LogP contribution in [0.25, 0.3) is 21.8 Å². The first-order valence-electron chi connectivity index (χ1n) is 13.9. The smallest absolute Gasteiger partial charge is 0.323 e. The zero-order chi connectivity index (χ0) is 29.2. The van der Waals surface area contributed by atoms with Gasteiger partial charge < -0.3 is 31.2 Å². The van der Waals surface area contributed by atoms with Gasteiger partial charge in [-0.2, -0.15) is 0 Å². The first kappa shape index (κ1) is 26.7. The number of aromatic nitrogens is 2. The Bertz CT molecular complexity index is 1770. The normalized spacial score (nSPS) is 11.1. The highest BCUT2D eigenvalue weighted by Gasteiger charge is 2.22. The van der Waals surface area contributed by atoms with Gasteiger partial charge in [-0.1, -0.05) is 67.6 Å². The van der Waals surface area contributed by atoms with Crippen molar-refractivity contribution < 1.29 is 9.59 Å². The third-order valence-corrected chi connectivity index (χ3v) is 7.69. The number of hydrogen-bond acceptors (Lipinski definition) is 2. The van der Waals surface area contributed by atoms with Gasteiger partial charge in [0.2, 0.25) is 0 Å². The van der Waals surface area contributed by atoms with Crippen LogP contribution in [0.15, 0.2) is 97.1 Å². The van der Waals surface area contributed by atoms with Crippen LogP contribution < -0.4 is 21.3 Å². The molecule has 6 rings (SSSR count). The molecule has 0 fully saturated rings. The Morgan fingerprint density at radius 2 is 0.952 bits per heavy atom. The van der Waals surface area contributed by atoms with E-state index >= 15 is 0 Å². The molecule has 6 aromatic rings. The number of carbonyl (C=O) groups is 2. The Hall–Kier alpha value is -5.50. The van der Waals surface area contributed by atoms with Gasteiger partial charge in [0.15, 0.2) is 0 Å². The second-order valence-electron chi connectivity index (χ2n) is 10.4. The number of aryl methyl sites for hydroxylation is 2. The largest absolute Gasteiger partial charge is 0.356 e. The number of amides is 4. The van der Waals surface area contributed by atoms with Crippen molar-refractivity contribution in [2.45, 2.75) is 26.7 Å². The lowest BCUT2D eigenvalue weighted by molar-refractivity contribution is 0.261. The van der Waals surface area contributed by atoms with Crippen LogP contribution in [0.5, 0.6) is 0 Å². The molecule has 0 saturated heterocycles. The second kappa shape index (κ2) is 11.2. The minimum Gasteiger partial charge on any atom is -0.356 e. The molecule has 0 bridgehead atoms. The molecule has 0 atom stereocenters. The van der Waals surface area contributed by atoms with Crippen molar-refractivity contribution in [1.29, 1.82) is 0 Å². The monoisotopic (exact) mass is 556 g/mol. The van der Waals surface area contributed by atoms with E-state index in [4.69, 9.17) is 0 Å². The molecule has 4 aromatic carbocycles. The summed E-state index contributed by atoms with van der Waals surface area (Å²) >= 11 is 0. The minimum atomic E-state index is -0.307. The van der Waals surface area contributed by atoms with Crippen LogP contribution in [0, 0.1) is 13.8 Å². The van der Waals surface area contributed by atoms with E-state index in [0.717, 1.165) is 55.7 Å². The number of urea groups is 2. The number of H-pyrrole nitrogens is 2. The quantitative estimate of drug-likeness (QED) is 0.123. The molecule has 0 radical (unpaired) electrons. The van der Waals surface area contributed by atoms with Crippen LogP contribution >= 0.6 is 0 Å². The molecular formula is C34H32N6O2. The van der Waals surface area contributed by atoms with E-state index in [9.17, 15) is 9.59 Å². The van der Waals surface area contributed by atoms with Crippen molar-refractivity contribution in [2.24, 2.45) is 0 Å². The predicted octanol–water partition coefficient (Wildman–Crippen LogP) is 8.71. The summed E-state index contributed by atoms with van der Waals surface area (Å²) in [4.78, 5) is 32.7. The molecule has 0 saturated carbocycles. The number of rotatable bonds is 6. The molecule has 0 spiro atoms.